The molecule has 22 heavy (non-hydrogen) atoms. The van der Waals surface area contributed by atoms with Crippen molar-refractivity contribution in [3.05, 3.63) is 24.5 Å². The second-order valence-electron chi connectivity index (χ2n) is 7.03. The molecule has 0 spiro atoms. The summed E-state index contributed by atoms with van der Waals surface area (Å²) in [6.07, 6.45) is 10.5. The molecule has 0 bridgehead atoms. The first-order chi connectivity index (χ1) is 10.7. The van der Waals surface area contributed by atoms with Crippen LogP contribution in [0, 0.1) is 5.92 Å². The van der Waals surface area contributed by atoms with Crippen molar-refractivity contribution < 1.29 is 4.79 Å². The molecule has 1 aromatic rings. The third-order valence-corrected chi connectivity index (χ3v) is 5.55. The third kappa shape index (κ3) is 3.22. The molecular weight excluding hydrogens is 274 g/mol. The van der Waals surface area contributed by atoms with Gasteiger partial charge in [0.05, 0.1) is 0 Å². The second kappa shape index (κ2) is 6.86. The normalized spacial score (nSPS) is 27.2. The van der Waals surface area contributed by atoms with Crippen LogP contribution in [0.4, 0.5) is 0 Å². The Morgan fingerprint density at radius 2 is 1.91 bits per heavy atom. The first-order valence-corrected chi connectivity index (χ1v) is 8.78. The number of nitrogens with zero attached hydrogens (tertiary/aromatic N) is 3. The number of aromatic nitrogens is 1. The largest absolute Gasteiger partial charge is 0.344 e. The van der Waals surface area contributed by atoms with Gasteiger partial charge < -0.3 is 14.4 Å². The maximum Gasteiger partial charge on any atom is 0.245 e. The van der Waals surface area contributed by atoms with Crippen molar-refractivity contribution in [3.63, 3.8) is 0 Å². The Labute approximate surface area is 134 Å². The standard InChI is InChI=1S/C18H29N3O/c1-15(20-10-5-6-11-20)18(22)19(2)14-16-8-7-13-21-12-4-3-9-17(16)21/h5-6,10-11,15-17H,3-4,7-9,12-14H2,1-2H3/t15-,16-,17+/m0/s1. The number of likely N-dealkylation sites (N-methyl/N-ethyl adjacent to an activating group) is 1. The van der Waals surface area contributed by atoms with Crippen LogP contribution in [0.15, 0.2) is 24.5 Å². The van der Waals surface area contributed by atoms with E-state index in [0.717, 1.165) is 6.54 Å². The summed E-state index contributed by atoms with van der Waals surface area (Å²) < 4.78 is 1.99. The van der Waals surface area contributed by atoms with Gasteiger partial charge >= 0.3 is 0 Å². The maximum absolute atomic E-state index is 12.7. The number of carbonyl (C=O) groups excluding carboxylic acids is 1. The summed E-state index contributed by atoms with van der Waals surface area (Å²) >= 11 is 0. The highest BCUT2D eigenvalue weighted by molar-refractivity contribution is 5.79. The summed E-state index contributed by atoms with van der Waals surface area (Å²) in [6, 6.07) is 4.56. The number of amides is 1. The topological polar surface area (TPSA) is 28.5 Å². The van der Waals surface area contributed by atoms with Gasteiger partial charge in [0.2, 0.25) is 5.91 Å². The molecule has 122 valence electrons. The van der Waals surface area contributed by atoms with Crippen LogP contribution in [-0.2, 0) is 4.79 Å². The highest BCUT2D eigenvalue weighted by atomic mass is 16.2. The molecule has 2 saturated heterocycles. The van der Waals surface area contributed by atoms with Crippen molar-refractivity contribution >= 4 is 5.91 Å². The lowest BCUT2D eigenvalue weighted by Gasteiger charge is -2.45. The molecule has 0 radical (unpaired) electrons. The highest BCUT2D eigenvalue weighted by Gasteiger charge is 2.34. The number of rotatable bonds is 4. The monoisotopic (exact) mass is 303 g/mol. The molecule has 0 aromatic carbocycles. The van der Waals surface area contributed by atoms with E-state index in [2.05, 4.69) is 4.90 Å². The molecule has 2 aliphatic rings. The summed E-state index contributed by atoms with van der Waals surface area (Å²) in [6.45, 7) is 5.43. The van der Waals surface area contributed by atoms with Crippen molar-refractivity contribution in [1.29, 1.82) is 0 Å². The summed E-state index contributed by atoms with van der Waals surface area (Å²) in [5, 5.41) is 0. The molecule has 0 aliphatic carbocycles. The third-order valence-electron chi connectivity index (χ3n) is 5.55. The van der Waals surface area contributed by atoms with Crippen LogP contribution in [0.5, 0.6) is 0 Å². The fourth-order valence-corrected chi connectivity index (χ4v) is 4.28. The van der Waals surface area contributed by atoms with Gasteiger partial charge in [0.25, 0.3) is 0 Å². The van der Waals surface area contributed by atoms with Crippen molar-refractivity contribution in [1.82, 2.24) is 14.4 Å². The smallest absolute Gasteiger partial charge is 0.245 e. The van der Waals surface area contributed by atoms with Gasteiger partial charge in [-0.2, -0.15) is 0 Å². The Kier molecular flexibility index (Phi) is 4.87. The van der Waals surface area contributed by atoms with Gasteiger partial charge in [-0.05, 0) is 63.7 Å². The van der Waals surface area contributed by atoms with E-state index >= 15 is 0 Å². The fraction of sp³-hybridized carbons (Fsp3) is 0.722. The Morgan fingerprint density at radius 1 is 1.18 bits per heavy atom. The van der Waals surface area contributed by atoms with Crippen LogP contribution < -0.4 is 0 Å². The Balaban J connectivity index is 1.60. The minimum absolute atomic E-state index is 0.106. The summed E-state index contributed by atoms with van der Waals surface area (Å²) in [5.41, 5.74) is 0. The minimum atomic E-state index is -0.106. The van der Waals surface area contributed by atoms with Gasteiger partial charge in [-0.3, -0.25) is 4.79 Å². The van der Waals surface area contributed by atoms with E-state index in [1.165, 1.54) is 45.2 Å². The Morgan fingerprint density at radius 3 is 2.68 bits per heavy atom. The first kappa shape index (κ1) is 15.6. The Bertz CT molecular complexity index is 483. The minimum Gasteiger partial charge on any atom is -0.344 e. The number of hydrogen-bond donors (Lipinski definition) is 0. The van der Waals surface area contributed by atoms with E-state index < -0.39 is 0 Å². The van der Waals surface area contributed by atoms with Gasteiger partial charge in [-0.1, -0.05) is 6.42 Å². The second-order valence-corrected chi connectivity index (χ2v) is 7.03. The van der Waals surface area contributed by atoms with E-state index in [1.54, 1.807) is 0 Å². The van der Waals surface area contributed by atoms with E-state index in [9.17, 15) is 4.79 Å². The van der Waals surface area contributed by atoms with Crippen molar-refractivity contribution in [3.8, 4) is 0 Å². The molecule has 3 heterocycles. The van der Waals surface area contributed by atoms with Crippen LogP contribution in [0.25, 0.3) is 0 Å². The lowest BCUT2D eigenvalue weighted by atomic mass is 9.83. The van der Waals surface area contributed by atoms with Crippen LogP contribution >= 0.6 is 0 Å². The molecule has 0 unspecified atom stereocenters. The van der Waals surface area contributed by atoms with Gasteiger partial charge in [-0.15, -0.1) is 0 Å². The predicted octanol–water partition coefficient (Wildman–Crippen LogP) is 2.77. The SMILES string of the molecule is C[C@@H](C(=O)N(C)C[C@@H]1CCCN2CCCC[C@H]12)n1cccc1. The van der Waals surface area contributed by atoms with Crippen LogP contribution in [-0.4, -0.2) is 53.0 Å². The zero-order valence-corrected chi connectivity index (χ0v) is 13.9. The molecule has 0 N–H and O–H groups in total. The zero-order valence-electron chi connectivity index (χ0n) is 13.9. The van der Waals surface area contributed by atoms with Crippen LogP contribution in [0.2, 0.25) is 0 Å². The van der Waals surface area contributed by atoms with Crippen molar-refractivity contribution in [2.75, 3.05) is 26.7 Å². The highest BCUT2D eigenvalue weighted by Crippen LogP contribution is 2.31. The van der Waals surface area contributed by atoms with E-state index in [-0.39, 0.29) is 11.9 Å². The zero-order chi connectivity index (χ0) is 15.5. The molecule has 1 amide bonds. The van der Waals surface area contributed by atoms with Crippen molar-refractivity contribution in [2.45, 2.75) is 51.1 Å². The van der Waals surface area contributed by atoms with Crippen LogP contribution in [0.1, 0.15) is 45.1 Å². The molecule has 2 aliphatic heterocycles. The number of carbonyl (C=O) groups is 1. The number of piperidine rings is 2. The molecule has 4 nitrogen and oxygen atoms in total. The van der Waals surface area contributed by atoms with E-state index in [0.29, 0.717) is 12.0 Å². The fourth-order valence-electron chi connectivity index (χ4n) is 4.28. The average Bonchev–Trinajstić information content (AvgIpc) is 3.08. The Hall–Kier alpha value is -1.29. The molecule has 3 atom stereocenters. The van der Waals surface area contributed by atoms with Gasteiger partial charge in [-0.25, -0.2) is 0 Å². The van der Waals surface area contributed by atoms with Gasteiger partial charge in [0, 0.05) is 32.0 Å². The molecule has 1 aromatic heterocycles. The van der Waals surface area contributed by atoms with E-state index in [1.807, 2.05) is 48.0 Å². The lowest BCUT2D eigenvalue weighted by molar-refractivity contribution is -0.134. The van der Waals surface area contributed by atoms with E-state index in [4.69, 9.17) is 0 Å². The summed E-state index contributed by atoms with van der Waals surface area (Å²) in [4.78, 5) is 17.3. The van der Waals surface area contributed by atoms with Gasteiger partial charge in [0.1, 0.15) is 6.04 Å². The van der Waals surface area contributed by atoms with Crippen molar-refractivity contribution in [2.24, 2.45) is 5.92 Å². The summed E-state index contributed by atoms with van der Waals surface area (Å²) in [7, 11) is 1.98. The molecule has 4 heteroatoms. The van der Waals surface area contributed by atoms with Crippen LogP contribution in [0.3, 0.4) is 0 Å². The quantitative estimate of drug-likeness (QED) is 0.855. The van der Waals surface area contributed by atoms with Gasteiger partial charge in [0.15, 0.2) is 0 Å². The molecule has 0 saturated carbocycles. The average molecular weight is 303 g/mol. The molecular formula is C18H29N3O. The predicted molar refractivity (Wildman–Crippen MR) is 88.7 cm³/mol. The molecule has 3 rings (SSSR count). The summed E-state index contributed by atoms with van der Waals surface area (Å²) in [5.74, 6) is 0.879. The number of hydrogen-bond acceptors (Lipinski definition) is 2. The first-order valence-electron chi connectivity index (χ1n) is 8.78. The number of fused-ring (bicyclic) bond motifs is 1. The molecule has 2 fully saturated rings. The maximum atomic E-state index is 12.7. The lowest BCUT2D eigenvalue weighted by Crippen LogP contribution is -2.51.